The van der Waals surface area contributed by atoms with E-state index in [2.05, 4.69) is 10.0 Å². The molecule has 0 unspecified atom stereocenters. The first-order chi connectivity index (χ1) is 15.4. The number of carbonyl (C=O) groups is 1. The van der Waals surface area contributed by atoms with Crippen molar-refractivity contribution in [2.24, 2.45) is 5.10 Å². The topological polar surface area (TPSA) is 79.0 Å². The van der Waals surface area contributed by atoms with Gasteiger partial charge in [-0.05, 0) is 47.9 Å². The summed E-state index contributed by atoms with van der Waals surface area (Å²) in [5.41, 5.74) is 3.30. The number of nitro groups is 1. The Bertz CT molecular complexity index is 1150. The van der Waals surface area contributed by atoms with E-state index in [-0.39, 0.29) is 18.1 Å². The van der Waals surface area contributed by atoms with Crippen molar-refractivity contribution >= 4 is 28.9 Å². The minimum atomic E-state index is -0.446. The lowest BCUT2D eigenvalue weighted by Gasteiger charge is -2.28. The molecule has 1 aliphatic rings. The molecule has 0 N–H and O–H groups in total. The van der Waals surface area contributed by atoms with Gasteiger partial charge in [-0.25, -0.2) is 5.01 Å². The zero-order valence-corrected chi connectivity index (χ0v) is 18.1. The standard InChI is InChI=1S/C24H21ClN4O3/c1-17(19-9-13-22(14-10-19)29(31)32)26-28-23(30)16-27(15-18-5-3-2-4-6-18)24(28)20-7-11-21(25)12-8-20/h2-14,24H,15-16H2,1H3/b26-17-/t24-/m0/s1. The summed E-state index contributed by atoms with van der Waals surface area (Å²) in [5, 5.41) is 17.7. The first-order valence-corrected chi connectivity index (χ1v) is 10.5. The molecule has 32 heavy (non-hydrogen) atoms. The maximum atomic E-state index is 13.0. The summed E-state index contributed by atoms with van der Waals surface area (Å²) < 4.78 is 0. The Kier molecular flexibility index (Phi) is 6.30. The molecular weight excluding hydrogens is 428 g/mol. The fourth-order valence-corrected chi connectivity index (χ4v) is 3.85. The molecule has 3 aromatic carbocycles. The third-order valence-corrected chi connectivity index (χ3v) is 5.57. The van der Waals surface area contributed by atoms with E-state index < -0.39 is 11.1 Å². The van der Waals surface area contributed by atoms with Crippen LogP contribution in [0.15, 0.2) is 84.0 Å². The third kappa shape index (κ3) is 4.69. The van der Waals surface area contributed by atoms with Crippen LogP contribution in [0, 0.1) is 10.1 Å². The van der Waals surface area contributed by atoms with Crippen LogP contribution in [0.2, 0.25) is 5.02 Å². The molecule has 0 radical (unpaired) electrons. The van der Waals surface area contributed by atoms with Crippen LogP contribution < -0.4 is 0 Å². The lowest BCUT2D eigenvalue weighted by molar-refractivity contribution is -0.384. The largest absolute Gasteiger partial charge is 0.271 e. The van der Waals surface area contributed by atoms with Gasteiger partial charge in [0, 0.05) is 23.7 Å². The SMILES string of the molecule is C/C(=N/N1C(=O)CN(Cc2ccccc2)[C@@H]1c1ccc(Cl)cc1)c1ccc([N+](=O)[O-])cc1. The third-order valence-electron chi connectivity index (χ3n) is 5.32. The number of hydrazone groups is 1. The van der Waals surface area contributed by atoms with Gasteiger partial charge in [0.15, 0.2) is 0 Å². The second-order valence-electron chi connectivity index (χ2n) is 7.54. The highest BCUT2D eigenvalue weighted by Crippen LogP contribution is 2.33. The number of nitro benzene ring substituents is 1. The number of hydrogen-bond donors (Lipinski definition) is 0. The monoisotopic (exact) mass is 448 g/mol. The van der Waals surface area contributed by atoms with Crippen LogP contribution in [-0.4, -0.2) is 33.0 Å². The molecule has 3 aromatic rings. The molecule has 7 nitrogen and oxygen atoms in total. The molecule has 162 valence electrons. The Labute approximate surface area is 190 Å². The van der Waals surface area contributed by atoms with Gasteiger partial charge in [0.1, 0.15) is 6.17 Å². The second-order valence-corrected chi connectivity index (χ2v) is 7.98. The molecule has 1 heterocycles. The van der Waals surface area contributed by atoms with Crippen LogP contribution in [-0.2, 0) is 11.3 Å². The fraction of sp³-hybridized carbons (Fsp3) is 0.167. The van der Waals surface area contributed by atoms with Crippen LogP contribution in [0.25, 0.3) is 0 Å². The predicted molar refractivity (Wildman–Crippen MR) is 123 cm³/mol. The zero-order valence-electron chi connectivity index (χ0n) is 17.4. The molecule has 0 aromatic heterocycles. The molecule has 8 heteroatoms. The Balaban J connectivity index is 1.68. The van der Waals surface area contributed by atoms with Gasteiger partial charge in [-0.2, -0.15) is 5.10 Å². The summed E-state index contributed by atoms with van der Waals surface area (Å²) in [7, 11) is 0. The Morgan fingerprint density at radius 1 is 1.06 bits per heavy atom. The molecule has 0 saturated carbocycles. The van der Waals surface area contributed by atoms with Gasteiger partial charge in [0.2, 0.25) is 0 Å². The van der Waals surface area contributed by atoms with Gasteiger partial charge >= 0.3 is 0 Å². The molecule has 1 saturated heterocycles. The molecule has 1 amide bonds. The highest BCUT2D eigenvalue weighted by molar-refractivity contribution is 6.30. The minimum absolute atomic E-state index is 0.00637. The van der Waals surface area contributed by atoms with Crippen LogP contribution >= 0.6 is 11.6 Å². The highest BCUT2D eigenvalue weighted by atomic mass is 35.5. The summed E-state index contributed by atoms with van der Waals surface area (Å²) in [6.07, 6.45) is -0.395. The quantitative estimate of drug-likeness (QED) is 0.301. The summed E-state index contributed by atoms with van der Waals surface area (Å²) in [5.74, 6) is -0.123. The molecule has 1 aliphatic heterocycles. The number of rotatable bonds is 6. The smallest absolute Gasteiger partial charge is 0.269 e. The van der Waals surface area contributed by atoms with E-state index in [1.54, 1.807) is 31.2 Å². The van der Waals surface area contributed by atoms with Gasteiger partial charge in [-0.1, -0.05) is 54.1 Å². The van der Waals surface area contributed by atoms with Gasteiger partial charge in [-0.15, -0.1) is 0 Å². The number of non-ortho nitro benzene ring substituents is 1. The van der Waals surface area contributed by atoms with Gasteiger partial charge in [0.05, 0.1) is 17.2 Å². The van der Waals surface area contributed by atoms with Crippen molar-refractivity contribution in [3.63, 3.8) is 0 Å². The van der Waals surface area contributed by atoms with E-state index >= 15 is 0 Å². The van der Waals surface area contributed by atoms with Crippen LogP contribution in [0.5, 0.6) is 0 Å². The first kappa shape index (κ1) is 21.7. The van der Waals surface area contributed by atoms with Crippen molar-refractivity contribution in [1.82, 2.24) is 9.91 Å². The van der Waals surface area contributed by atoms with Gasteiger partial charge in [-0.3, -0.25) is 19.8 Å². The van der Waals surface area contributed by atoms with E-state index in [1.165, 1.54) is 17.1 Å². The lowest BCUT2D eigenvalue weighted by atomic mass is 10.1. The summed E-state index contributed by atoms with van der Waals surface area (Å²) in [4.78, 5) is 25.5. The maximum absolute atomic E-state index is 13.0. The second kappa shape index (κ2) is 9.30. The minimum Gasteiger partial charge on any atom is -0.271 e. The fourth-order valence-electron chi connectivity index (χ4n) is 3.73. The van der Waals surface area contributed by atoms with Crippen molar-refractivity contribution in [2.45, 2.75) is 19.6 Å². The molecule has 1 fully saturated rings. The maximum Gasteiger partial charge on any atom is 0.269 e. The van der Waals surface area contributed by atoms with Crippen LogP contribution in [0.3, 0.4) is 0 Å². The Morgan fingerprint density at radius 3 is 2.34 bits per heavy atom. The van der Waals surface area contributed by atoms with Crippen molar-refractivity contribution < 1.29 is 9.72 Å². The average Bonchev–Trinajstić information content (AvgIpc) is 3.09. The number of amides is 1. The molecule has 0 aliphatic carbocycles. The van der Waals surface area contributed by atoms with E-state index in [4.69, 9.17) is 11.6 Å². The summed E-state index contributed by atoms with van der Waals surface area (Å²) in [6, 6.07) is 23.5. The number of benzene rings is 3. The normalized spacial score (nSPS) is 17.1. The first-order valence-electron chi connectivity index (χ1n) is 10.1. The summed E-state index contributed by atoms with van der Waals surface area (Å²) in [6.45, 7) is 2.59. The van der Waals surface area contributed by atoms with Crippen molar-refractivity contribution in [3.05, 3.63) is 111 Å². The van der Waals surface area contributed by atoms with E-state index in [9.17, 15) is 14.9 Å². The highest BCUT2D eigenvalue weighted by Gasteiger charge is 2.39. The summed E-state index contributed by atoms with van der Waals surface area (Å²) >= 11 is 6.08. The number of carbonyl (C=O) groups excluding carboxylic acids is 1. The zero-order chi connectivity index (χ0) is 22.7. The van der Waals surface area contributed by atoms with Crippen molar-refractivity contribution in [3.8, 4) is 0 Å². The van der Waals surface area contributed by atoms with Gasteiger partial charge < -0.3 is 0 Å². The number of hydrogen-bond acceptors (Lipinski definition) is 5. The number of nitrogens with zero attached hydrogens (tertiary/aromatic N) is 4. The Hall–Kier alpha value is -3.55. The predicted octanol–water partition coefficient (Wildman–Crippen LogP) is 5.02. The molecule has 0 bridgehead atoms. The van der Waals surface area contributed by atoms with Crippen LogP contribution in [0.1, 0.15) is 29.8 Å². The molecule has 1 atom stereocenters. The molecule has 0 spiro atoms. The lowest BCUT2D eigenvalue weighted by Crippen LogP contribution is -2.29. The van der Waals surface area contributed by atoms with Crippen molar-refractivity contribution in [1.29, 1.82) is 0 Å². The molecule has 4 rings (SSSR count). The number of halogens is 1. The average molecular weight is 449 g/mol. The van der Waals surface area contributed by atoms with E-state index in [1.807, 2.05) is 42.5 Å². The van der Waals surface area contributed by atoms with Gasteiger partial charge in [0.25, 0.3) is 11.6 Å². The van der Waals surface area contributed by atoms with E-state index in [0.717, 1.165) is 11.1 Å². The molecular formula is C24H21ClN4O3. The van der Waals surface area contributed by atoms with Crippen molar-refractivity contribution in [2.75, 3.05) is 6.54 Å². The Morgan fingerprint density at radius 2 is 1.72 bits per heavy atom. The van der Waals surface area contributed by atoms with Crippen LogP contribution in [0.4, 0.5) is 5.69 Å². The van der Waals surface area contributed by atoms with E-state index in [0.29, 0.717) is 22.8 Å².